The maximum Gasteiger partial charge on any atom is 0.148 e. The number of rotatable bonds is 10. The van der Waals surface area contributed by atoms with E-state index >= 15 is 0 Å². The Morgan fingerprint density at radius 2 is 1.53 bits per heavy atom. The van der Waals surface area contributed by atoms with Crippen LogP contribution in [0.5, 0.6) is 0 Å². The Bertz CT molecular complexity index is 225. The summed E-state index contributed by atoms with van der Waals surface area (Å²) in [5.41, 5.74) is 0. The van der Waals surface area contributed by atoms with Crippen molar-refractivity contribution in [3.05, 3.63) is 0 Å². The number of sulfone groups is 1. The third-order valence-electron chi connectivity index (χ3n) is 2.36. The van der Waals surface area contributed by atoms with Crippen LogP contribution < -0.4 is 5.32 Å². The predicted molar refractivity (Wildman–Crippen MR) is 66.0 cm³/mol. The van der Waals surface area contributed by atoms with Gasteiger partial charge in [-0.1, -0.05) is 39.0 Å². The maximum atomic E-state index is 10.8. The van der Waals surface area contributed by atoms with Crippen LogP contribution in [0.4, 0.5) is 0 Å². The number of unbranched alkanes of at least 4 members (excludes halogenated alkanes) is 5. The lowest BCUT2D eigenvalue weighted by Gasteiger charge is -2.03. The molecule has 0 heterocycles. The molecule has 0 aliphatic rings. The molecule has 1 N–H and O–H groups in total. The molecule has 0 aliphatic heterocycles. The van der Waals surface area contributed by atoms with Gasteiger partial charge in [0.25, 0.3) is 0 Å². The molecule has 0 fully saturated rings. The van der Waals surface area contributed by atoms with Crippen LogP contribution in [-0.2, 0) is 9.84 Å². The van der Waals surface area contributed by atoms with Gasteiger partial charge in [-0.2, -0.15) is 0 Å². The van der Waals surface area contributed by atoms with E-state index in [1.807, 2.05) is 0 Å². The quantitative estimate of drug-likeness (QED) is 0.589. The molecule has 0 aliphatic carbocycles. The first kappa shape index (κ1) is 14.9. The minimum Gasteiger partial charge on any atom is -0.316 e. The smallest absolute Gasteiger partial charge is 0.148 e. The van der Waals surface area contributed by atoms with E-state index in [1.54, 1.807) is 0 Å². The molecule has 0 saturated heterocycles. The molecule has 0 aromatic carbocycles. The predicted octanol–water partition coefficient (Wildman–Crippen LogP) is 1.98. The Hall–Kier alpha value is -0.0900. The van der Waals surface area contributed by atoms with Gasteiger partial charge in [0.05, 0.1) is 5.75 Å². The van der Waals surface area contributed by atoms with Crippen molar-refractivity contribution in [2.75, 3.05) is 25.1 Å². The van der Waals surface area contributed by atoms with Crippen molar-refractivity contribution in [2.45, 2.75) is 45.4 Å². The summed E-state index contributed by atoms with van der Waals surface area (Å²) in [7, 11) is -2.79. The lowest BCUT2D eigenvalue weighted by atomic mass is 10.1. The Balaban J connectivity index is 3.06. The highest BCUT2D eigenvalue weighted by molar-refractivity contribution is 7.90. The summed E-state index contributed by atoms with van der Waals surface area (Å²) in [5.74, 6) is 0.253. The van der Waals surface area contributed by atoms with E-state index in [1.165, 1.54) is 38.4 Å². The van der Waals surface area contributed by atoms with Crippen molar-refractivity contribution in [2.24, 2.45) is 0 Å². The molecular formula is C11H25NO2S. The highest BCUT2D eigenvalue weighted by Crippen LogP contribution is 2.03. The van der Waals surface area contributed by atoms with Crippen LogP contribution in [0.1, 0.15) is 45.4 Å². The Morgan fingerprint density at radius 3 is 2.13 bits per heavy atom. The fourth-order valence-corrected chi connectivity index (χ4v) is 1.93. The van der Waals surface area contributed by atoms with Crippen molar-refractivity contribution in [1.82, 2.24) is 5.32 Å². The highest BCUT2D eigenvalue weighted by Gasteiger charge is 1.99. The van der Waals surface area contributed by atoms with Gasteiger partial charge in [-0.3, -0.25) is 0 Å². The zero-order valence-corrected chi connectivity index (χ0v) is 10.9. The molecule has 0 atom stereocenters. The molecule has 0 aromatic rings. The Morgan fingerprint density at radius 1 is 0.933 bits per heavy atom. The normalized spacial score (nSPS) is 11.9. The van der Waals surface area contributed by atoms with Crippen LogP contribution in [-0.4, -0.2) is 33.5 Å². The molecule has 0 unspecified atom stereocenters. The fourth-order valence-electron chi connectivity index (χ4n) is 1.41. The van der Waals surface area contributed by atoms with Gasteiger partial charge in [0.15, 0.2) is 0 Å². The fraction of sp³-hybridized carbons (Fsp3) is 1.00. The second-order valence-corrected chi connectivity index (χ2v) is 6.41. The lowest BCUT2D eigenvalue weighted by Crippen LogP contribution is -2.23. The van der Waals surface area contributed by atoms with Crippen molar-refractivity contribution in [1.29, 1.82) is 0 Å². The second kappa shape index (κ2) is 9.16. The van der Waals surface area contributed by atoms with Crippen LogP contribution in [0.15, 0.2) is 0 Å². The molecule has 3 nitrogen and oxygen atoms in total. The van der Waals surface area contributed by atoms with Gasteiger partial charge in [0.2, 0.25) is 0 Å². The van der Waals surface area contributed by atoms with Crippen LogP contribution in [0.25, 0.3) is 0 Å². The van der Waals surface area contributed by atoms with Crippen LogP contribution in [0, 0.1) is 0 Å². The third-order valence-corrected chi connectivity index (χ3v) is 3.30. The molecule has 0 aromatic heterocycles. The summed E-state index contributed by atoms with van der Waals surface area (Å²) in [6.07, 6.45) is 8.95. The van der Waals surface area contributed by atoms with Gasteiger partial charge in [-0.15, -0.1) is 0 Å². The summed E-state index contributed by atoms with van der Waals surface area (Å²) in [4.78, 5) is 0. The zero-order valence-electron chi connectivity index (χ0n) is 10.1. The molecule has 0 saturated carbocycles. The monoisotopic (exact) mass is 235 g/mol. The molecule has 0 rings (SSSR count). The number of hydrogen-bond acceptors (Lipinski definition) is 3. The molecule has 92 valence electrons. The summed E-state index contributed by atoms with van der Waals surface area (Å²) < 4.78 is 21.6. The maximum absolute atomic E-state index is 10.8. The largest absolute Gasteiger partial charge is 0.316 e. The molecule has 4 heteroatoms. The van der Waals surface area contributed by atoms with E-state index in [9.17, 15) is 8.42 Å². The van der Waals surface area contributed by atoms with Gasteiger partial charge in [0, 0.05) is 12.8 Å². The van der Waals surface area contributed by atoms with Gasteiger partial charge >= 0.3 is 0 Å². The number of hydrogen-bond donors (Lipinski definition) is 1. The SMILES string of the molecule is CCCCCCCCNCCS(C)(=O)=O. The Labute approximate surface area is 94.6 Å². The summed E-state index contributed by atoms with van der Waals surface area (Å²) in [6.45, 7) is 3.75. The minimum absolute atomic E-state index is 0.253. The van der Waals surface area contributed by atoms with Gasteiger partial charge < -0.3 is 5.32 Å². The third kappa shape index (κ3) is 13.9. The molecule has 15 heavy (non-hydrogen) atoms. The highest BCUT2D eigenvalue weighted by atomic mass is 32.2. The molecule has 0 radical (unpaired) electrons. The molecule has 0 amide bonds. The van der Waals surface area contributed by atoms with Gasteiger partial charge in [0.1, 0.15) is 9.84 Å². The molecule has 0 bridgehead atoms. The van der Waals surface area contributed by atoms with Crippen LogP contribution in [0.2, 0.25) is 0 Å². The van der Waals surface area contributed by atoms with Crippen molar-refractivity contribution < 1.29 is 8.42 Å². The lowest BCUT2D eigenvalue weighted by molar-refractivity contribution is 0.573. The van der Waals surface area contributed by atoms with Crippen molar-refractivity contribution in [3.8, 4) is 0 Å². The zero-order chi connectivity index (χ0) is 11.6. The molecular weight excluding hydrogens is 210 g/mol. The van der Waals surface area contributed by atoms with Gasteiger partial charge in [-0.05, 0) is 13.0 Å². The van der Waals surface area contributed by atoms with E-state index in [2.05, 4.69) is 12.2 Å². The average molecular weight is 235 g/mol. The van der Waals surface area contributed by atoms with E-state index in [-0.39, 0.29) is 5.75 Å². The molecule has 0 spiro atoms. The topological polar surface area (TPSA) is 46.2 Å². The number of nitrogens with one attached hydrogen (secondary N) is 1. The second-order valence-electron chi connectivity index (χ2n) is 4.15. The van der Waals surface area contributed by atoms with E-state index in [0.717, 1.165) is 13.0 Å². The van der Waals surface area contributed by atoms with Gasteiger partial charge in [-0.25, -0.2) is 8.42 Å². The van der Waals surface area contributed by atoms with Crippen LogP contribution >= 0.6 is 0 Å². The summed E-state index contributed by atoms with van der Waals surface area (Å²) >= 11 is 0. The summed E-state index contributed by atoms with van der Waals surface area (Å²) in [5, 5.41) is 3.15. The summed E-state index contributed by atoms with van der Waals surface area (Å²) in [6, 6.07) is 0. The standard InChI is InChI=1S/C11H25NO2S/c1-3-4-5-6-7-8-9-12-10-11-15(2,13)14/h12H,3-11H2,1-2H3. The van der Waals surface area contributed by atoms with E-state index < -0.39 is 9.84 Å². The van der Waals surface area contributed by atoms with Crippen LogP contribution in [0.3, 0.4) is 0 Å². The van der Waals surface area contributed by atoms with E-state index in [0.29, 0.717) is 6.54 Å². The van der Waals surface area contributed by atoms with Crippen molar-refractivity contribution >= 4 is 9.84 Å². The first-order valence-corrected chi connectivity index (χ1v) is 8.00. The van der Waals surface area contributed by atoms with E-state index in [4.69, 9.17) is 0 Å². The van der Waals surface area contributed by atoms with Crippen molar-refractivity contribution in [3.63, 3.8) is 0 Å². The Kier molecular flexibility index (Phi) is 9.10. The minimum atomic E-state index is -2.79. The average Bonchev–Trinajstić information content (AvgIpc) is 2.14. The first-order chi connectivity index (χ1) is 7.06. The first-order valence-electron chi connectivity index (χ1n) is 5.94.